The van der Waals surface area contributed by atoms with Crippen LogP contribution in [0.5, 0.6) is 0 Å². The lowest BCUT2D eigenvalue weighted by molar-refractivity contribution is -0.119. The third-order valence-electron chi connectivity index (χ3n) is 8.44. The van der Waals surface area contributed by atoms with Crippen molar-refractivity contribution in [2.45, 2.75) is 122 Å². The number of carbonyl (C=O) groups is 2. The van der Waals surface area contributed by atoms with Crippen molar-refractivity contribution in [2.24, 2.45) is 0 Å². The van der Waals surface area contributed by atoms with Crippen LogP contribution in [-0.4, -0.2) is 69.9 Å². The van der Waals surface area contributed by atoms with Gasteiger partial charge in [0.1, 0.15) is 0 Å². The molecule has 2 aliphatic heterocycles. The van der Waals surface area contributed by atoms with Crippen LogP contribution in [0.25, 0.3) is 0 Å². The molecule has 0 radical (unpaired) electrons. The predicted octanol–water partition coefficient (Wildman–Crippen LogP) is 4.58. The zero-order valence-electron chi connectivity index (χ0n) is 24.1. The summed E-state index contributed by atoms with van der Waals surface area (Å²) in [6.07, 6.45) is 12.1. The average Bonchev–Trinajstić information content (AvgIpc) is 2.69. The van der Waals surface area contributed by atoms with Gasteiger partial charge in [-0.25, -0.2) is 0 Å². The van der Waals surface area contributed by atoms with Gasteiger partial charge in [0, 0.05) is 45.9 Å². The van der Waals surface area contributed by atoms with E-state index >= 15 is 0 Å². The van der Waals surface area contributed by atoms with Crippen molar-refractivity contribution in [2.75, 3.05) is 14.1 Å². The first-order valence-corrected chi connectivity index (χ1v) is 13.0. The van der Waals surface area contributed by atoms with Crippen molar-refractivity contribution < 1.29 is 9.59 Å². The van der Waals surface area contributed by atoms with Gasteiger partial charge in [-0.15, -0.1) is 0 Å². The van der Waals surface area contributed by atoms with Crippen LogP contribution < -0.4 is 10.6 Å². The van der Waals surface area contributed by atoms with E-state index in [1.165, 1.54) is 6.08 Å². The maximum atomic E-state index is 13.2. The van der Waals surface area contributed by atoms with Crippen molar-refractivity contribution >= 4 is 11.8 Å². The van der Waals surface area contributed by atoms with Crippen LogP contribution >= 0.6 is 0 Å². The third kappa shape index (κ3) is 7.29. The maximum Gasteiger partial charge on any atom is 0.251 e. The van der Waals surface area contributed by atoms with Crippen molar-refractivity contribution in [1.82, 2.24) is 20.4 Å². The molecular weight excluding hydrogens is 436 g/mol. The highest BCUT2D eigenvalue weighted by Crippen LogP contribution is 2.38. The molecule has 0 atom stereocenters. The summed E-state index contributed by atoms with van der Waals surface area (Å²) in [5, 5.41) is 6.41. The lowest BCUT2D eigenvalue weighted by Gasteiger charge is -2.53. The molecule has 2 amide bonds. The van der Waals surface area contributed by atoms with Crippen molar-refractivity contribution in [3.05, 3.63) is 36.0 Å². The van der Waals surface area contributed by atoms with Gasteiger partial charge in [-0.3, -0.25) is 19.4 Å². The molecule has 2 N–H and O–H groups in total. The number of hydrogen-bond donors (Lipinski definition) is 2. The van der Waals surface area contributed by atoms with E-state index in [9.17, 15) is 9.59 Å². The second-order valence-electron chi connectivity index (χ2n) is 13.0. The second-order valence-corrected chi connectivity index (χ2v) is 13.0. The number of hydrogen-bond acceptors (Lipinski definition) is 4. The maximum absolute atomic E-state index is 13.2. The molecule has 35 heavy (non-hydrogen) atoms. The Morgan fingerprint density at radius 3 is 1.51 bits per heavy atom. The Hall–Kier alpha value is -1.92. The van der Waals surface area contributed by atoms with Crippen LogP contribution in [-0.2, 0) is 9.59 Å². The minimum absolute atomic E-state index is 0.00407. The number of carbonyl (C=O) groups excluding carboxylic acids is 2. The molecule has 6 nitrogen and oxygen atoms in total. The number of allylic oxidation sites excluding steroid dienone is 3. The molecule has 0 aromatic carbocycles. The van der Waals surface area contributed by atoms with Gasteiger partial charge in [-0.1, -0.05) is 12.2 Å². The average molecular weight is 487 g/mol. The molecule has 0 aromatic heterocycles. The zero-order chi connectivity index (χ0) is 26.8. The van der Waals surface area contributed by atoms with Crippen LogP contribution in [0.15, 0.2) is 36.0 Å². The van der Waals surface area contributed by atoms with Gasteiger partial charge in [0.15, 0.2) is 0 Å². The Morgan fingerprint density at radius 1 is 0.714 bits per heavy atom. The summed E-state index contributed by atoms with van der Waals surface area (Å²) in [6, 6.07) is 0.164. The summed E-state index contributed by atoms with van der Waals surface area (Å²) in [7, 11) is 4.31. The van der Waals surface area contributed by atoms with E-state index in [1.54, 1.807) is 12.2 Å². The molecule has 0 saturated carbocycles. The van der Waals surface area contributed by atoms with Gasteiger partial charge in [-0.2, -0.15) is 0 Å². The summed E-state index contributed by atoms with van der Waals surface area (Å²) in [5.41, 5.74) is 0.444. The number of rotatable bonds is 6. The first-order valence-electron chi connectivity index (χ1n) is 13.0. The van der Waals surface area contributed by atoms with Gasteiger partial charge in [0.2, 0.25) is 5.91 Å². The second kappa shape index (κ2) is 10.6. The third-order valence-corrected chi connectivity index (χ3v) is 8.44. The van der Waals surface area contributed by atoms with Crippen LogP contribution in [0.2, 0.25) is 0 Å². The van der Waals surface area contributed by atoms with Crippen LogP contribution in [0.4, 0.5) is 0 Å². The molecule has 0 unspecified atom stereocenters. The predicted molar refractivity (Wildman–Crippen MR) is 146 cm³/mol. The minimum Gasteiger partial charge on any atom is -0.350 e. The molecule has 6 heteroatoms. The molecule has 0 spiro atoms. The molecule has 0 bridgehead atoms. The van der Waals surface area contributed by atoms with E-state index in [0.29, 0.717) is 5.57 Å². The van der Waals surface area contributed by atoms with E-state index in [2.05, 4.69) is 89.9 Å². The first-order chi connectivity index (χ1) is 15.9. The van der Waals surface area contributed by atoms with Crippen molar-refractivity contribution in [1.29, 1.82) is 0 Å². The zero-order valence-corrected chi connectivity index (χ0v) is 24.1. The quantitative estimate of drug-likeness (QED) is 0.426. The number of piperidine rings is 2. The van der Waals surface area contributed by atoms with E-state index in [4.69, 9.17) is 0 Å². The minimum atomic E-state index is -0.160. The SMILES string of the molecule is C\C=C/C=C(\C=C\C(=O)NC1CC(C)(C)N(C)C(C)(C)C1)C(=O)NC1CC(C)(C)N(C)C(C)(C)C1. The molecule has 2 aliphatic rings. The van der Waals surface area contributed by atoms with Crippen molar-refractivity contribution in [3.63, 3.8) is 0 Å². The highest BCUT2D eigenvalue weighted by atomic mass is 16.2. The van der Waals surface area contributed by atoms with E-state index in [0.717, 1.165) is 25.7 Å². The monoisotopic (exact) mass is 486 g/mol. The number of amides is 2. The number of nitrogens with one attached hydrogen (secondary N) is 2. The fourth-order valence-electron chi connectivity index (χ4n) is 6.04. The Balaban J connectivity index is 2.09. The molecule has 0 aromatic rings. The van der Waals surface area contributed by atoms with Gasteiger partial charge in [-0.05, 0) is 114 Å². The highest BCUT2D eigenvalue weighted by molar-refractivity contribution is 5.99. The smallest absolute Gasteiger partial charge is 0.251 e. The molecule has 0 aliphatic carbocycles. The number of nitrogens with zero attached hydrogens (tertiary/aromatic N) is 2. The normalized spacial score (nSPS) is 25.7. The largest absolute Gasteiger partial charge is 0.350 e. The summed E-state index contributed by atoms with van der Waals surface area (Å²) < 4.78 is 0. The van der Waals surface area contributed by atoms with Crippen LogP contribution in [0.3, 0.4) is 0 Å². The molecule has 2 fully saturated rings. The molecule has 2 saturated heterocycles. The molecule has 2 rings (SSSR count). The Morgan fingerprint density at radius 2 is 1.11 bits per heavy atom. The Labute approximate surface area is 214 Å². The summed E-state index contributed by atoms with van der Waals surface area (Å²) in [5.74, 6) is -0.304. The van der Waals surface area contributed by atoms with E-state index in [1.807, 2.05) is 19.1 Å². The van der Waals surface area contributed by atoms with Crippen molar-refractivity contribution in [3.8, 4) is 0 Å². The first kappa shape index (κ1) is 29.3. The Kier molecular flexibility index (Phi) is 8.87. The Bertz CT molecular complexity index is 843. The molecule has 198 valence electrons. The van der Waals surface area contributed by atoms with Gasteiger partial charge >= 0.3 is 0 Å². The topological polar surface area (TPSA) is 64.7 Å². The highest BCUT2D eigenvalue weighted by Gasteiger charge is 2.44. The summed E-state index contributed by atoms with van der Waals surface area (Å²) >= 11 is 0. The van der Waals surface area contributed by atoms with E-state index in [-0.39, 0.29) is 46.1 Å². The fraction of sp³-hybridized carbons (Fsp3) is 0.724. The number of likely N-dealkylation sites (tertiary alicyclic amines) is 2. The molecular formula is C29H50N4O2. The lowest BCUT2D eigenvalue weighted by Crippen LogP contribution is -2.62. The van der Waals surface area contributed by atoms with Crippen LogP contribution in [0, 0.1) is 0 Å². The lowest BCUT2D eigenvalue weighted by atomic mass is 9.77. The fourth-order valence-corrected chi connectivity index (χ4v) is 6.04. The van der Waals surface area contributed by atoms with Gasteiger partial charge in [0.05, 0.1) is 0 Å². The van der Waals surface area contributed by atoms with Crippen LogP contribution in [0.1, 0.15) is 88.0 Å². The summed E-state index contributed by atoms with van der Waals surface area (Å²) in [6.45, 7) is 19.7. The standard InChI is InChI=1S/C29H50N4O2/c1-12-13-14-21(25(35)31-23-19-28(6,7)33(11)29(8,9)20-23)15-16-24(34)30-22-17-26(2,3)32(10)27(4,5)18-22/h12-16,22-23H,17-20H2,1-11H3,(H,30,34)(H,31,35)/b13-12-,16-15+,21-14+. The summed E-state index contributed by atoms with van der Waals surface area (Å²) in [4.78, 5) is 30.8. The molecule has 2 heterocycles. The van der Waals surface area contributed by atoms with Gasteiger partial charge in [0.25, 0.3) is 5.91 Å². The van der Waals surface area contributed by atoms with Gasteiger partial charge < -0.3 is 10.6 Å². The van der Waals surface area contributed by atoms with E-state index < -0.39 is 0 Å².